The summed E-state index contributed by atoms with van der Waals surface area (Å²) in [5, 5.41) is 0. The van der Waals surface area contributed by atoms with Crippen molar-refractivity contribution in [2.45, 2.75) is 18.4 Å². The van der Waals surface area contributed by atoms with E-state index in [1.54, 1.807) is 0 Å². The summed E-state index contributed by atoms with van der Waals surface area (Å²) in [5.74, 6) is 2.59. The van der Waals surface area contributed by atoms with E-state index in [9.17, 15) is 0 Å². The molecule has 0 unspecified atom stereocenters. The van der Waals surface area contributed by atoms with Crippen LogP contribution >= 0.6 is 0 Å². The van der Waals surface area contributed by atoms with Gasteiger partial charge in [-0.05, 0) is 29.7 Å². The molecule has 0 aliphatic carbocycles. The van der Waals surface area contributed by atoms with E-state index >= 15 is 0 Å². The van der Waals surface area contributed by atoms with Crippen molar-refractivity contribution in [2.24, 2.45) is 9.36 Å². The molecular weight excluding hydrogens is 396 g/mol. The minimum absolute atomic E-state index is 0.243. The van der Waals surface area contributed by atoms with Crippen LogP contribution in [0, 0.1) is 6.92 Å². The Morgan fingerprint density at radius 1 is 0.613 bits per heavy atom. The number of rotatable bonds is 6. The fourth-order valence-corrected chi connectivity index (χ4v) is 5.08. The first-order valence-electron chi connectivity index (χ1n) is 10.4. The maximum Gasteiger partial charge on any atom is 0.166 e. The maximum atomic E-state index is 5.25. The highest BCUT2D eigenvalue weighted by atomic mass is 32.2. The summed E-state index contributed by atoms with van der Waals surface area (Å²) < 4.78 is 5.25. The summed E-state index contributed by atoms with van der Waals surface area (Å²) in [6.07, 6.45) is 0. The van der Waals surface area contributed by atoms with Gasteiger partial charge in [0.2, 0.25) is 0 Å². The van der Waals surface area contributed by atoms with Crippen molar-refractivity contribution in [1.82, 2.24) is 0 Å². The minimum atomic E-state index is -0.243. The van der Waals surface area contributed by atoms with Crippen LogP contribution in [0.15, 0.2) is 125 Å². The first-order chi connectivity index (χ1) is 15.3. The van der Waals surface area contributed by atoms with E-state index in [-0.39, 0.29) is 10.7 Å². The third kappa shape index (κ3) is 6.09. The van der Waals surface area contributed by atoms with Gasteiger partial charge in [0, 0.05) is 17.1 Å². The standard InChI is InChI=1S/C28H26N2S/c1-23-13-11-12-20-27(23)29-28(26-18-9-4-10-19-26)30-31(21-24-14-5-2-6-15-24)22-25-16-7-3-8-17-25/h2-20H,21-22H2,1H3. The zero-order valence-electron chi connectivity index (χ0n) is 17.7. The molecule has 4 aromatic carbocycles. The Morgan fingerprint density at radius 3 is 1.65 bits per heavy atom. The smallest absolute Gasteiger partial charge is 0.166 e. The second-order valence-corrected chi connectivity index (χ2v) is 9.09. The van der Waals surface area contributed by atoms with Crippen LogP contribution in [0.4, 0.5) is 5.69 Å². The molecule has 4 rings (SSSR count). The van der Waals surface area contributed by atoms with Crippen LogP contribution < -0.4 is 0 Å². The first kappa shape index (κ1) is 21.0. The molecule has 0 aliphatic heterocycles. The topological polar surface area (TPSA) is 24.7 Å². The fourth-order valence-electron chi connectivity index (χ4n) is 3.30. The van der Waals surface area contributed by atoms with Crippen LogP contribution in [0.2, 0.25) is 0 Å². The van der Waals surface area contributed by atoms with Gasteiger partial charge in [0.15, 0.2) is 5.84 Å². The predicted octanol–water partition coefficient (Wildman–Crippen LogP) is 7.28. The van der Waals surface area contributed by atoms with E-state index in [1.807, 2.05) is 30.3 Å². The quantitative estimate of drug-likeness (QED) is 0.230. The molecule has 4 aromatic rings. The van der Waals surface area contributed by atoms with Gasteiger partial charge in [0.1, 0.15) is 0 Å². The molecular formula is C28H26N2S. The number of benzene rings is 4. The van der Waals surface area contributed by atoms with Gasteiger partial charge >= 0.3 is 0 Å². The van der Waals surface area contributed by atoms with Gasteiger partial charge in [-0.2, -0.15) is 0 Å². The maximum absolute atomic E-state index is 5.25. The molecule has 0 saturated carbocycles. The molecule has 31 heavy (non-hydrogen) atoms. The van der Waals surface area contributed by atoms with Crippen LogP contribution in [0.3, 0.4) is 0 Å². The van der Waals surface area contributed by atoms with Crippen molar-refractivity contribution in [3.63, 3.8) is 0 Å². The molecule has 0 aliphatic rings. The summed E-state index contributed by atoms with van der Waals surface area (Å²) in [6.45, 7) is 2.09. The Balaban J connectivity index is 1.78. The molecule has 0 fully saturated rings. The normalized spacial score (nSPS) is 11.5. The van der Waals surface area contributed by atoms with Gasteiger partial charge < -0.3 is 0 Å². The lowest BCUT2D eigenvalue weighted by Gasteiger charge is -2.11. The van der Waals surface area contributed by atoms with Crippen molar-refractivity contribution < 1.29 is 0 Å². The average Bonchev–Trinajstić information content (AvgIpc) is 2.82. The number of aliphatic imine (C=N–C) groups is 1. The molecule has 2 nitrogen and oxygen atoms in total. The summed E-state index contributed by atoms with van der Waals surface area (Å²) in [4.78, 5) is 5.01. The summed E-state index contributed by atoms with van der Waals surface area (Å²) in [6, 6.07) is 39.8. The largest absolute Gasteiger partial charge is 0.228 e. The number of nitrogens with zero attached hydrogens (tertiary/aromatic N) is 2. The van der Waals surface area contributed by atoms with Crippen molar-refractivity contribution >= 4 is 22.2 Å². The summed E-state index contributed by atoms with van der Waals surface area (Å²) >= 11 is 0. The highest BCUT2D eigenvalue weighted by Gasteiger charge is 2.08. The van der Waals surface area contributed by atoms with Gasteiger partial charge in [-0.3, -0.25) is 0 Å². The lowest BCUT2D eigenvalue weighted by Crippen LogP contribution is -2.05. The molecule has 0 spiro atoms. The summed E-state index contributed by atoms with van der Waals surface area (Å²) in [7, 11) is -0.243. The molecule has 0 radical (unpaired) electrons. The molecule has 154 valence electrons. The zero-order valence-corrected chi connectivity index (χ0v) is 18.5. The predicted molar refractivity (Wildman–Crippen MR) is 134 cm³/mol. The minimum Gasteiger partial charge on any atom is -0.228 e. The van der Waals surface area contributed by atoms with E-state index in [0.29, 0.717) is 0 Å². The van der Waals surface area contributed by atoms with Crippen molar-refractivity contribution in [3.8, 4) is 0 Å². The van der Waals surface area contributed by atoms with Crippen molar-refractivity contribution in [1.29, 1.82) is 0 Å². The zero-order chi connectivity index (χ0) is 21.3. The van der Waals surface area contributed by atoms with E-state index in [2.05, 4.69) is 91.9 Å². The summed E-state index contributed by atoms with van der Waals surface area (Å²) in [5.41, 5.74) is 5.76. The molecule has 0 amide bonds. The van der Waals surface area contributed by atoms with E-state index in [4.69, 9.17) is 9.36 Å². The van der Waals surface area contributed by atoms with Crippen LogP contribution in [0.25, 0.3) is 0 Å². The molecule has 0 heterocycles. The number of hydrogen-bond donors (Lipinski definition) is 0. The fraction of sp³-hybridized carbons (Fsp3) is 0.107. The van der Waals surface area contributed by atoms with Gasteiger partial charge in [0.05, 0.1) is 5.69 Å². The SMILES string of the molecule is Cc1ccccc1N=C(N=S(Cc1ccccc1)Cc1ccccc1)c1ccccc1. The lowest BCUT2D eigenvalue weighted by molar-refractivity contribution is 1.33. The molecule has 0 N–H and O–H groups in total. The second kappa shape index (κ2) is 10.6. The van der Waals surface area contributed by atoms with E-state index < -0.39 is 0 Å². The lowest BCUT2D eigenvalue weighted by atomic mass is 10.2. The molecule has 0 saturated heterocycles. The Morgan fingerprint density at radius 2 is 1.10 bits per heavy atom. The van der Waals surface area contributed by atoms with Gasteiger partial charge in [0.25, 0.3) is 0 Å². The molecule has 0 bridgehead atoms. The van der Waals surface area contributed by atoms with Crippen LogP contribution in [0.1, 0.15) is 22.3 Å². The van der Waals surface area contributed by atoms with E-state index in [0.717, 1.165) is 34.2 Å². The van der Waals surface area contributed by atoms with Gasteiger partial charge in [-0.1, -0.05) is 120 Å². The number of hydrogen-bond acceptors (Lipinski definition) is 1. The second-order valence-electron chi connectivity index (χ2n) is 7.40. The molecule has 0 aromatic heterocycles. The number of amidine groups is 1. The van der Waals surface area contributed by atoms with Crippen molar-refractivity contribution in [2.75, 3.05) is 0 Å². The third-order valence-corrected chi connectivity index (χ3v) is 6.71. The van der Waals surface area contributed by atoms with Crippen LogP contribution in [-0.4, -0.2) is 5.84 Å². The monoisotopic (exact) mass is 422 g/mol. The number of para-hydroxylation sites is 1. The molecule has 3 heteroatoms. The number of aryl methyl sites for hydroxylation is 1. The Labute approximate surface area is 187 Å². The molecule has 0 atom stereocenters. The van der Waals surface area contributed by atoms with Gasteiger partial charge in [-0.15, -0.1) is 0 Å². The average molecular weight is 423 g/mol. The van der Waals surface area contributed by atoms with Gasteiger partial charge in [-0.25, -0.2) is 9.36 Å². The Hall–Kier alpha value is -3.30. The highest BCUT2D eigenvalue weighted by molar-refractivity contribution is 7.86. The van der Waals surface area contributed by atoms with E-state index in [1.165, 1.54) is 11.1 Å². The van der Waals surface area contributed by atoms with Crippen molar-refractivity contribution in [3.05, 3.63) is 138 Å². The Kier molecular flexibility index (Phi) is 7.20. The first-order valence-corrected chi connectivity index (χ1v) is 12.0. The van der Waals surface area contributed by atoms with Crippen LogP contribution in [0.5, 0.6) is 0 Å². The third-order valence-electron chi connectivity index (χ3n) is 4.94. The van der Waals surface area contributed by atoms with Crippen LogP contribution in [-0.2, 0) is 22.2 Å². The highest BCUT2D eigenvalue weighted by Crippen LogP contribution is 2.21. The Bertz CT molecular complexity index is 1120.